The lowest BCUT2D eigenvalue weighted by Gasteiger charge is -2.21. The van der Waals surface area contributed by atoms with E-state index in [-0.39, 0.29) is 17.7 Å². The number of amides is 1. The Morgan fingerprint density at radius 3 is 2.53 bits per heavy atom. The van der Waals surface area contributed by atoms with Crippen LogP contribution in [0.1, 0.15) is 49.6 Å². The van der Waals surface area contributed by atoms with Crippen LogP contribution < -0.4 is 10.6 Å². The summed E-state index contributed by atoms with van der Waals surface area (Å²) >= 11 is 3.19. The molecule has 154 valence electrons. The minimum atomic E-state index is -0.269. The second kappa shape index (κ2) is 8.41. The predicted molar refractivity (Wildman–Crippen MR) is 122 cm³/mol. The fourth-order valence-corrected chi connectivity index (χ4v) is 5.12. The third kappa shape index (κ3) is 4.15. The number of rotatable bonds is 6. The predicted octanol–water partition coefficient (Wildman–Crippen LogP) is 5.88. The molecular formula is C22H22N4O2S2. The number of carbonyl (C=O) groups excluding carboxylic acids is 1. The minimum Gasteiger partial charge on any atom is -0.459 e. The molecule has 4 aromatic rings. The van der Waals surface area contributed by atoms with Gasteiger partial charge in [-0.3, -0.25) is 4.79 Å². The molecule has 2 N–H and O–H groups in total. The normalized spacial score (nSPS) is 12.0. The summed E-state index contributed by atoms with van der Waals surface area (Å²) in [6.45, 7) is 8.04. The molecule has 0 saturated carbocycles. The van der Waals surface area contributed by atoms with E-state index in [1.165, 1.54) is 6.26 Å². The van der Waals surface area contributed by atoms with E-state index < -0.39 is 0 Å². The molecule has 0 bridgehead atoms. The van der Waals surface area contributed by atoms with E-state index in [2.05, 4.69) is 45.9 Å². The van der Waals surface area contributed by atoms with Crippen molar-refractivity contribution in [2.24, 2.45) is 0 Å². The van der Waals surface area contributed by atoms with E-state index in [9.17, 15) is 4.79 Å². The number of carbonyl (C=O) groups is 1. The second-order valence-electron chi connectivity index (χ2n) is 7.07. The minimum absolute atomic E-state index is 0.200. The summed E-state index contributed by atoms with van der Waals surface area (Å²) in [5.74, 6) is 0.576. The number of hydrogen-bond acceptors (Lipinski definition) is 7. The summed E-state index contributed by atoms with van der Waals surface area (Å²) < 4.78 is 5.26. The van der Waals surface area contributed by atoms with E-state index in [0.29, 0.717) is 5.95 Å². The van der Waals surface area contributed by atoms with Gasteiger partial charge in [0.05, 0.1) is 12.3 Å². The smallest absolute Gasteiger partial charge is 0.291 e. The van der Waals surface area contributed by atoms with Gasteiger partial charge in [0.1, 0.15) is 5.00 Å². The Labute approximate surface area is 183 Å². The SMILES string of the molecule is Cc1cc(C)nc(NC(c2ccsc2)c2c(NC(=O)c3ccco3)sc(C)c2C)n1. The number of nitrogens with zero attached hydrogens (tertiary/aromatic N) is 2. The Hall–Kier alpha value is -2.97. The molecule has 1 unspecified atom stereocenters. The third-order valence-corrected chi connectivity index (χ3v) is 6.66. The van der Waals surface area contributed by atoms with Crippen molar-refractivity contribution < 1.29 is 9.21 Å². The van der Waals surface area contributed by atoms with Crippen molar-refractivity contribution in [3.63, 3.8) is 0 Å². The average molecular weight is 439 g/mol. The van der Waals surface area contributed by atoms with Crippen molar-refractivity contribution in [1.82, 2.24) is 9.97 Å². The summed E-state index contributed by atoms with van der Waals surface area (Å²) in [5, 5.41) is 11.5. The van der Waals surface area contributed by atoms with E-state index in [0.717, 1.165) is 38.0 Å². The lowest BCUT2D eigenvalue weighted by molar-refractivity contribution is 0.0997. The fraction of sp³-hybridized carbons (Fsp3) is 0.227. The largest absolute Gasteiger partial charge is 0.459 e. The number of anilines is 2. The van der Waals surface area contributed by atoms with Gasteiger partial charge in [0.25, 0.3) is 5.91 Å². The molecule has 0 aromatic carbocycles. The maximum atomic E-state index is 12.7. The van der Waals surface area contributed by atoms with Crippen LogP contribution in [0.4, 0.5) is 10.9 Å². The zero-order valence-electron chi connectivity index (χ0n) is 17.1. The van der Waals surface area contributed by atoms with Crippen LogP contribution >= 0.6 is 22.7 Å². The monoisotopic (exact) mass is 438 g/mol. The Kier molecular flexibility index (Phi) is 5.69. The van der Waals surface area contributed by atoms with Crippen LogP contribution in [0.25, 0.3) is 0 Å². The molecule has 0 spiro atoms. The summed E-state index contributed by atoms with van der Waals surface area (Å²) in [7, 11) is 0. The molecule has 30 heavy (non-hydrogen) atoms. The highest BCUT2D eigenvalue weighted by atomic mass is 32.1. The lowest BCUT2D eigenvalue weighted by atomic mass is 9.98. The number of thiophene rings is 2. The van der Waals surface area contributed by atoms with Crippen molar-refractivity contribution in [3.8, 4) is 0 Å². The first kappa shape index (κ1) is 20.3. The van der Waals surface area contributed by atoms with Gasteiger partial charge in [-0.15, -0.1) is 11.3 Å². The van der Waals surface area contributed by atoms with Gasteiger partial charge in [0, 0.05) is 21.8 Å². The molecule has 8 heteroatoms. The molecule has 0 saturated heterocycles. The highest BCUT2D eigenvalue weighted by Crippen LogP contribution is 2.41. The Morgan fingerprint density at radius 2 is 1.90 bits per heavy atom. The summed E-state index contributed by atoms with van der Waals surface area (Å²) in [6.07, 6.45) is 1.49. The van der Waals surface area contributed by atoms with Gasteiger partial charge in [0.15, 0.2) is 5.76 Å². The average Bonchev–Trinajstić information content (AvgIpc) is 3.43. The van der Waals surface area contributed by atoms with Crippen LogP contribution in [0.3, 0.4) is 0 Å². The first-order valence-corrected chi connectivity index (χ1v) is 11.2. The maximum Gasteiger partial charge on any atom is 0.291 e. The zero-order chi connectivity index (χ0) is 21.3. The highest BCUT2D eigenvalue weighted by Gasteiger charge is 2.26. The van der Waals surface area contributed by atoms with Crippen molar-refractivity contribution in [2.75, 3.05) is 10.6 Å². The number of hydrogen-bond donors (Lipinski definition) is 2. The van der Waals surface area contributed by atoms with Gasteiger partial charge >= 0.3 is 0 Å². The molecule has 0 aliphatic heterocycles. The van der Waals surface area contributed by atoms with Gasteiger partial charge in [-0.05, 0) is 73.8 Å². The summed E-state index contributed by atoms with van der Waals surface area (Å²) in [4.78, 5) is 22.9. The fourth-order valence-electron chi connectivity index (χ4n) is 3.34. The molecule has 0 fully saturated rings. The van der Waals surface area contributed by atoms with Gasteiger partial charge in [0.2, 0.25) is 5.95 Å². The molecule has 1 amide bonds. The van der Waals surface area contributed by atoms with Crippen molar-refractivity contribution >= 4 is 39.5 Å². The molecule has 4 heterocycles. The molecule has 1 atom stereocenters. The Morgan fingerprint density at radius 1 is 1.13 bits per heavy atom. The first-order valence-electron chi connectivity index (χ1n) is 9.48. The number of furan rings is 1. The van der Waals surface area contributed by atoms with Crippen LogP contribution in [0.15, 0.2) is 45.7 Å². The van der Waals surface area contributed by atoms with Crippen LogP contribution in [-0.2, 0) is 0 Å². The van der Waals surface area contributed by atoms with Crippen LogP contribution in [0, 0.1) is 27.7 Å². The molecule has 0 aliphatic rings. The quantitative estimate of drug-likeness (QED) is 0.393. The Balaban J connectivity index is 1.76. The summed E-state index contributed by atoms with van der Waals surface area (Å²) in [6, 6.07) is 7.18. The van der Waals surface area contributed by atoms with Gasteiger partial charge in [-0.25, -0.2) is 9.97 Å². The number of nitrogens with one attached hydrogen (secondary N) is 2. The van der Waals surface area contributed by atoms with E-state index in [4.69, 9.17) is 4.42 Å². The Bertz CT molecular complexity index is 1140. The maximum absolute atomic E-state index is 12.7. The zero-order valence-corrected chi connectivity index (χ0v) is 18.8. The van der Waals surface area contributed by atoms with Gasteiger partial charge in [-0.2, -0.15) is 11.3 Å². The van der Waals surface area contributed by atoms with Crippen molar-refractivity contribution in [2.45, 2.75) is 33.7 Å². The first-order chi connectivity index (χ1) is 14.4. The molecule has 4 rings (SSSR count). The third-order valence-electron chi connectivity index (χ3n) is 4.82. The molecule has 6 nitrogen and oxygen atoms in total. The topological polar surface area (TPSA) is 80.0 Å². The molecule has 0 radical (unpaired) electrons. The lowest BCUT2D eigenvalue weighted by Crippen LogP contribution is -2.18. The molecule has 4 aromatic heterocycles. The molecule has 0 aliphatic carbocycles. The summed E-state index contributed by atoms with van der Waals surface area (Å²) in [5.41, 5.74) is 5.04. The van der Waals surface area contributed by atoms with Crippen LogP contribution in [0.5, 0.6) is 0 Å². The van der Waals surface area contributed by atoms with Crippen molar-refractivity contribution in [3.05, 3.63) is 80.0 Å². The standard InChI is InChI=1S/C22H22N4O2S2/c1-12-10-13(2)24-22(23-12)25-19(16-7-9-29-11-16)18-14(3)15(4)30-21(18)26-20(27)17-6-5-8-28-17/h5-11,19H,1-4H3,(H,26,27)(H,23,24,25). The van der Waals surface area contributed by atoms with E-state index >= 15 is 0 Å². The van der Waals surface area contributed by atoms with Gasteiger partial charge < -0.3 is 15.1 Å². The number of aryl methyl sites for hydroxylation is 3. The molecular weight excluding hydrogens is 416 g/mol. The van der Waals surface area contributed by atoms with E-state index in [1.807, 2.05) is 25.3 Å². The van der Waals surface area contributed by atoms with Crippen molar-refractivity contribution in [1.29, 1.82) is 0 Å². The van der Waals surface area contributed by atoms with Crippen LogP contribution in [-0.4, -0.2) is 15.9 Å². The second-order valence-corrected chi connectivity index (χ2v) is 9.07. The number of aromatic nitrogens is 2. The van der Waals surface area contributed by atoms with E-state index in [1.54, 1.807) is 34.8 Å². The van der Waals surface area contributed by atoms with Crippen LogP contribution in [0.2, 0.25) is 0 Å². The van der Waals surface area contributed by atoms with Gasteiger partial charge in [-0.1, -0.05) is 0 Å². The highest BCUT2D eigenvalue weighted by molar-refractivity contribution is 7.16.